The molecule has 116 valence electrons. The van der Waals surface area contributed by atoms with E-state index in [2.05, 4.69) is 5.10 Å². The molecule has 0 saturated carbocycles. The molecule has 1 aromatic heterocycles. The van der Waals surface area contributed by atoms with Crippen molar-refractivity contribution in [2.45, 2.75) is 11.2 Å². The van der Waals surface area contributed by atoms with Crippen molar-refractivity contribution >= 4 is 15.7 Å². The number of likely N-dealkylation sites (tertiary alicyclic amines) is 1. The maximum atomic E-state index is 12.3. The van der Waals surface area contributed by atoms with Crippen molar-refractivity contribution in [1.82, 2.24) is 14.7 Å². The maximum Gasteiger partial charge on any atom is 0.274 e. The normalized spacial score (nSPS) is 26.0. The Balaban J connectivity index is 1.77. The van der Waals surface area contributed by atoms with Gasteiger partial charge >= 0.3 is 0 Å². The quantitative estimate of drug-likeness (QED) is 0.765. The smallest absolute Gasteiger partial charge is 0.274 e. The summed E-state index contributed by atoms with van der Waals surface area (Å²) >= 11 is 0. The topological polar surface area (TPSA) is 81.5 Å². The minimum Gasteiger partial charge on any atom is -0.384 e. The van der Waals surface area contributed by atoms with Crippen molar-refractivity contribution in [3.05, 3.63) is 18.0 Å². The molecule has 3 heterocycles. The average molecular weight is 313 g/mol. The van der Waals surface area contributed by atoms with Crippen LogP contribution in [0.3, 0.4) is 0 Å². The molecule has 21 heavy (non-hydrogen) atoms. The number of carbonyl (C=O) groups is 1. The standard InChI is InChI=1S/C13H19N3O4S/c1-15-5-3-11(14-15)12(17)16-8-13(9-16)10(7-20-2)4-6-21(13,18)19/h3,5,10H,4,6-9H2,1-2H3/t10-/m0/s1. The first-order chi connectivity index (χ1) is 9.89. The monoisotopic (exact) mass is 313 g/mol. The molecular formula is C13H19N3O4S. The van der Waals surface area contributed by atoms with E-state index in [-0.39, 0.29) is 30.7 Å². The lowest BCUT2D eigenvalue weighted by atomic mass is 9.83. The second-order valence-corrected chi connectivity index (χ2v) is 8.31. The molecule has 2 saturated heterocycles. The Kier molecular flexibility index (Phi) is 3.32. The maximum absolute atomic E-state index is 12.3. The summed E-state index contributed by atoms with van der Waals surface area (Å²) in [5, 5.41) is 4.07. The van der Waals surface area contributed by atoms with Gasteiger partial charge in [-0.2, -0.15) is 5.10 Å². The van der Waals surface area contributed by atoms with E-state index < -0.39 is 14.6 Å². The molecule has 2 fully saturated rings. The minimum atomic E-state index is -3.16. The number of rotatable bonds is 3. The molecule has 1 amide bonds. The van der Waals surface area contributed by atoms with E-state index in [4.69, 9.17) is 4.74 Å². The first-order valence-electron chi connectivity index (χ1n) is 6.90. The lowest BCUT2D eigenvalue weighted by Gasteiger charge is -2.49. The van der Waals surface area contributed by atoms with Crippen molar-refractivity contribution in [2.24, 2.45) is 13.0 Å². The Labute approximate surface area is 123 Å². The Morgan fingerprint density at radius 3 is 2.81 bits per heavy atom. The summed E-state index contributed by atoms with van der Waals surface area (Å²) in [4.78, 5) is 13.8. The number of sulfone groups is 1. The highest BCUT2D eigenvalue weighted by Crippen LogP contribution is 2.45. The summed E-state index contributed by atoms with van der Waals surface area (Å²) in [5.41, 5.74) is 0.353. The van der Waals surface area contributed by atoms with Gasteiger partial charge in [0.15, 0.2) is 9.84 Å². The number of ether oxygens (including phenoxy) is 1. The van der Waals surface area contributed by atoms with Crippen molar-refractivity contribution in [2.75, 3.05) is 32.6 Å². The van der Waals surface area contributed by atoms with Crippen LogP contribution in [0.4, 0.5) is 0 Å². The number of carbonyl (C=O) groups excluding carboxylic acids is 1. The summed E-state index contributed by atoms with van der Waals surface area (Å²) in [6.07, 6.45) is 2.31. The van der Waals surface area contributed by atoms with Gasteiger partial charge in [-0.05, 0) is 12.5 Å². The van der Waals surface area contributed by atoms with Crippen LogP contribution in [0.25, 0.3) is 0 Å². The van der Waals surface area contributed by atoms with E-state index in [0.29, 0.717) is 18.7 Å². The summed E-state index contributed by atoms with van der Waals surface area (Å²) in [6.45, 7) is 0.919. The van der Waals surface area contributed by atoms with Gasteiger partial charge in [-0.1, -0.05) is 0 Å². The van der Waals surface area contributed by atoms with Crippen molar-refractivity contribution in [3.8, 4) is 0 Å². The summed E-state index contributed by atoms with van der Waals surface area (Å²) in [6, 6.07) is 1.64. The fourth-order valence-corrected chi connectivity index (χ4v) is 5.74. The molecule has 1 spiro atoms. The first kappa shape index (κ1) is 14.5. The minimum absolute atomic E-state index is 0.0275. The first-order valence-corrected chi connectivity index (χ1v) is 8.55. The van der Waals surface area contributed by atoms with Crippen LogP contribution in [0.15, 0.2) is 12.3 Å². The predicted octanol–water partition coefficient (Wildman–Crippen LogP) is -0.304. The van der Waals surface area contributed by atoms with Crippen LogP contribution in [0.5, 0.6) is 0 Å². The third-order valence-electron chi connectivity index (χ3n) is 4.60. The SMILES string of the molecule is COC[C@@H]1CCS(=O)(=O)C12CN(C(=O)c1ccn(C)n1)C2. The van der Waals surface area contributed by atoms with E-state index >= 15 is 0 Å². The second-order valence-electron chi connectivity index (χ2n) is 5.86. The van der Waals surface area contributed by atoms with Gasteiger partial charge in [-0.25, -0.2) is 8.42 Å². The Hall–Kier alpha value is -1.41. The molecular weight excluding hydrogens is 294 g/mol. The zero-order valence-corrected chi connectivity index (χ0v) is 13.0. The Morgan fingerprint density at radius 1 is 1.52 bits per heavy atom. The molecule has 1 atom stereocenters. The molecule has 0 aromatic carbocycles. The highest BCUT2D eigenvalue weighted by atomic mass is 32.2. The van der Waals surface area contributed by atoms with Crippen molar-refractivity contribution in [1.29, 1.82) is 0 Å². The van der Waals surface area contributed by atoms with Crippen LogP contribution in [0.2, 0.25) is 0 Å². The highest BCUT2D eigenvalue weighted by molar-refractivity contribution is 7.93. The van der Waals surface area contributed by atoms with E-state index in [1.54, 1.807) is 36.0 Å². The number of aryl methyl sites for hydroxylation is 1. The van der Waals surface area contributed by atoms with E-state index in [9.17, 15) is 13.2 Å². The number of aromatic nitrogens is 2. The highest BCUT2D eigenvalue weighted by Gasteiger charge is 2.62. The zero-order valence-electron chi connectivity index (χ0n) is 12.2. The van der Waals surface area contributed by atoms with Gasteiger partial charge in [-0.15, -0.1) is 0 Å². The molecule has 0 radical (unpaired) electrons. The molecule has 2 aliphatic rings. The molecule has 1 aromatic rings. The lowest BCUT2D eigenvalue weighted by Crippen LogP contribution is -2.68. The molecule has 0 N–H and O–H groups in total. The predicted molar refractivity (Wildman–Crippen MR) is 75.6 cm³/mol. The second kappa shape index (κ2) is 4.81. The van der Waals surface area contributed by atoms with Gasteiger partial charge in [0.05, 0.1) is 12.4 Å². The van der Waals surface area contributed by atoms with E-state index in [1.165, 1.54) is 0 Å². The molecule has 8 heteroatoms. The van der Waals surface area contributed by atoms with Crippen LogP contribution < -0.4 is 0 Å². The molecule has 0 bridgehead atoms. The van der Waals surface area contributed by atoms with Crippen LogP contribution >= 0.6 is 0 Å². The number of methoxy groups -OCH3 is 1. The third-order valence-corrected chi connectivity index (χ3v) is 7.21. The fraction of sp³-hybridized carbons (Fsp3) is 0.692. The number of hydrogen-bond donors (Lipinski definition) is 0. The number of nitrogens with zero attached hydrogens (tertiary/aromatic N) is 3. The van der Waals surface area contributed by atoms with Gasteiger partial charge in [0.2, 0.25) is 0 Å². The van der Waals surface area contributed by atoms with Crippen LogP contribution in [-0.2, 0) is 21.6 Å². The third kappa shape index (κ3) is 2.08. The average Bonchev–Trinajstić information content (AvgIpc) is 2.90. The van der Waals surface area contributed by atoms with Crippen LogP contribution in [0.1, 0.15) is 16.9 Å². The molecule has 0 unspecified atom stereocenters. The molecule has 2 aliphatic heterocycles. The van der Waals surface area contributed by atoms with Gasteiger partial charge in [0.1, 0.15) is 10.4 Å². The molecule has 7 nitrogen and oxygen atoms in total. The van der Waals surface area contributed by atoms with Crippen LogP contribution in [-0.4, -0.2) is 66.3 Å². The Bertz CT molecular complexity index is 661. The van der Waals surface area contributed by atoms with Gasteiger partial charge < -0.3 is 9.64 Å². The largest absolute Gasteiger partial charge is 0.384 e. The lowest BCUT2D eigenvalue weighted by molar-refractivity contribution is 0.0331. The van der Waals surface area contributed by atoms with Crippen molar-refractivity contribution in [3.63, 3.8) is 0 Å². The van der Waals surface area contributed by atoms with E-state index in [1.807, 2.05) is 0 Å². The van der Waals surface area contributed by atoms with Gasteiger partial charge in [-0.3, -0.25) is 9.48 Å². The Morgan fingerprint density at radius 2 is 2.24 bits per heavy atom. The van der Waals surface area contributed by atoms with Crippen molar-refractivity contribution < 1.29 is 17.9 Å². The zero-order chi connectivity index (χ0) is 15.3. The van der Waals surface area contributed by atoms with Gasteiger partial charge in [0.25, 0.3) is 5.91 Å². The molecule has 3 rings (SSSR count). The van der Waals surface area contributed by atoms with E-state index in [0.717, 1.165) is 0 Å². The number of hydrogen-bond acceptors (Lipinski definition) is 5. The van der Waals surface area contributed by atoms with Crippen LogP contribution in [0, 0.1) is 5.92 Å². The summed E-state index contributed by atoms with van der Waals surface area (Å²) in [7, 11) is 0.154. The fourth-order valence-electron chi connectivity index (χ4n) is 3.34. The molecule has 0 aliphatic carbocycles. The van der Waals surface area contributed by atoms with Gasteiger partial charge in [0, 0.05) is 39.4 Å². The summed E-state index contributed by atoms with van der Waals surface area (Å²) in [5.74, 6) is -0.0492. The number of amides is 1. The summed E-state index contributed by atoms with van der Waals surface area (Å²) < 4.78 is 30.6.